The largest absolute Gasteiger partial charge is 0.463 e. The standard InChI is InChI=1S/C16H27O11P/c1-13(16(18)14-11-27-14)10-25-7-6-23-3-2-22-4-5-24-8-9-26-15(17)12-28(19,20)21/h14H,1-12H2,(H2,19,20,21). The Balaban J connectivity index is 1.77. The molecule has 0 saturated carbocycles. The molecule has 1 unspecified atom stereocenters. The van der Waals surface area contributed by atoms with E-state index in [1.807, 2.05) is 0 Å². The van der Waals surface area contributed by atoms with Gasteiger partial charge in [-0.3, -0.25) is 14.2 Å². The highest BCUT2D eigenvalue weighted by atomic mass is 31.2. The molecule has 1 heterocycles. The number of esters is 1. The lowest BCUT2D eigenvalue weighted by Crippen LogP contribution is -2.17. The number of rotatable bonds is 18. The predicted octanol–water partition coefficient (Wildman–Crippen LogP) is -0.702. The van der Waals surface area contributed by atoms with Crippen molar-refractivity contribution in [3.8, 4) is 0 Å². The molecule has 0 aliphatic carbocycles. The molecule has 11 nitrogen and oxygen atoms in total. The molecule has 0 aromatic rings. The van der Waals surface area contributed by atoms with Gasteiger partial charge < -0.3 is 38.2 Å². The second kappa shape index (κ2) is 13.9. The van der Waals surface area contributed by atoms with Crippen molar-refractivity contribution < 1.29 is 52.4 Å². The number of ketones is 1. The van der Waals surface area contributed by atoms with E-state index >= 15 is 0 Å². The van der Waals surface area contributed by atoms with Crippen molar-refractivity contribution in [3.05, 3.63) is 12.2 Å². The van der Waals surface area contributed by atoms with E-state index < -0.39 is 19.7 Å². The maximum Gasteiger partial charge on any atom is 0.336 e. The van der Waals surface area contributed by atoms with Crippen molar-refractivity contribution >= 4 is 19.3 Å². The number of carbonyl (C=O) groups excluding carboxylic acids is 2. The molecule has 1 aliphatic heterocycles. The second-order valence-corrected chi connectivity index (χ2v) is 7.37. The number of hydrogen-bond donors (Lipinski definition) is 2. The van der Waals surface area contributed by atoms with Gasteiger partial charge in [-0.25, -0.2) is 0 Å². The van der Waals surface area contributed by atoms with Crippen LogP contribution in [-0.2, 0) is 42.6 Å². The van der Waals surface area contributed by atoms with Gasteiger partial charge in [0.2, 0.25) is 0 Å². The lowest BCUT2D eigenvalue weighted by atomic mass is 10.1. The first-order chi connectivity index (χ1) is 13.3. The Bertz CT molecular complexity index is 541. The van der Waals surface area contributed by atoms with Crippen molar-refractivity contribution in [1.82, 2.24) is 0 Å². The first-order valence-corrected chi connectivity index (χ1v) is 10.4. The molecule has 1 atom stereocenters. The van der Waals surface area contributed by atoms with Crippen LogP contribution in [0.5, 0.6) is 0 Å². The summed E-state index contributed by atoms with van der Waals surface area (Å²) < 4.78 is 41.0. The minimum absolute atomic E-state index is 0.0896. The molecule has 0 spiro atoms. The van der Waals surface area contributed by atoms with Gasteiger partial charge >= 0.3 is 13.6 Å². The number of Topliss-reactive ketones (excluding diaryl/α,β-unsaturated/α-hetero) is 1. The van der Waals surface area contributed by atoms with E-state index in [0.717, 1.165) is 0 Å². The lowest BCUT2D eigenvalue weighted by Gasteiger charge is -2.08. The molecule has 1 aliphatic rings. The van der Waals surface area contributed by atoms with E-state index in [4.69, 9.17) is 33.5 Å². The van der Waals surface area contributed by atoms with Gasteiger partial charge in [-0.1, -0.05) is 6.58 Å². The highest BCUT2D eigenvalue weighted by Crippen LogP contribution is 2.33. The molecular formula is C16H27O11P. The zero-order valence-electron chi connectivity index (χ0n) is 15.6. The highest BCUT2D eigenvalue weighted by Gasteiger charge is 2.32. The van der Waals surface area contributed by atoms with Crippen LogP contribution in [0.2, 0.25) is 0 Å². The van der Waals surface area contributed by atoms with E-state index in [1.165, 1.54) is 0 Å². The van der Waals surface area contributed by atoms with Crippen molar-refractivity contribution in [3.63, 3.8) is 0 Å². The van der Waals surface area contributed by atoms with E-state index in [0.29, 0.717) is 45.2 Å². The summed E-state index contributed by atoms with van der Waals surface area (Å²) in [7, 11) is -4.40. The van der Waals surface area contributed by atoms with Gasteiger partial charge in [0.25, 0.3) is 0 Å². The van der Waals surface area contributed by atoms with E-state index in [1.54, 1.807) is 0 Å². The van der Waals surface area contributed by atoms with Crippen molar-refractivity contribution in [2.24, 2.45) is 0 Å². The van der Waals surface area contributed by atoms with Crippen LogP contribution >= 0.6 is 7.60 Å². The summed E-state index contributed by atoms with van der Waals surface area (Å²) in [6.07, 6.45) is -1.28. The molecule has 1 rings (SSSR count). The summed E-state index contributed by atoms with van der Waals surface area (Å²) in [5.41, 5.74) is 0.391. The van der Waals surface area contributed by atoms with Crippen LogP contribution < -0.4 is 0 Å². The van der Waals surface area contributed by atoms with Crippen LogP contribution in [0.4, 0.5) is 0 Å². The molecular weight excluding hydrogens is 399 g/mol. The maximum absolute atomic E-state index is 11.5. The minimum atomic E-state index is -4.40. The fraction of sp³-hybridized carbons (Fsp3) is 0.750. The Labute approximate surface area is 163 Å². The minimum Gasteiger partial charge on any atom is -0.463 e. The van der Waals surface area contributed by atoms with Crippen LogP contribution in [0.15, 0.2) is 12.2 Å². The number of hydrogen-bond acceptors (Lipinski definition) is 9. The SMILES string of the molecule is C=C(COCCOCCOCCOCCOC(=O)CP(=O)(O)O)C(=O)C1CO1. The van der Waals surface area contributed by atoms with Crippen LogP contribution in [0.25, 0.3) is 0 Å². The molecule has 0 amide bonds. The van der Waals surface area contributed by atoms with Crippen LogP contribution in [-0.4, -0.2) is 99.9 Å². The van der Waals surface area contributed by atoms with Gasteiger partial charge in [-0.2, -0.15) is 0 Å². The van der Waals surface area contributed by atoms with Gasteiger partial charge in [-0.05, 0) is 0 Å². The van der Waals surface area contributed by atoms with Crippen molar-refractivity contribution in [2.75, 3.05) is 72.2 Å². The molecule has 0 aromatic carbocycles. The van der Waals surface area contributed by atoms with Gasteiger partial charge in [0.1, 0.15) is 18.9 Å². The van der Waals surface area contributed by atoms with Gasteiger partial charge in [0.05, 0.1) is 59.5 Å². The molecule has 1 saturated heterocycles. The molecule has 1 fully saturated rings. The monoisotopic (exact) mass is 426 g/mol. The number of epoxide rings is 1. The second-order valence-electron chi connectivity index (χ2n) is 5.72. The van der Waals surface area contributed by atoms with E-state index in [9.17, 15) is 14.2 Å². The maximum atomic E-state index is 11.5. The average molecular weight is 426 g/mol. The van der Waals surface area contributed by atoms with Crippen LogP contribution in [0.1, 0.15) is 0 Å². The first kappa shape index (κ1) is 24.9. The smallest absolute Gasteiger partial charge is 0.336 e. The number of ether oxygens (including phenoxy) is 6. The Kier molecular flexibility index (Phi) is 12.4. The normalized spacial score (nSPS) is 16.0. The average Bonchev–Trinajstić information content (AvgIpc) is 3.44. The highest BCUT2D eigenvalue weighted by molar-refractivity contribution is 7.52. The van der Waals surface area contributed by atoms with Crippen LogP contribution in [0, 0.1) is 0 Å². The fourth-order valence-electron chi connectivity index (χ4n) is 1.78. The third-order valence-corrected chi connectivity index (χ3v) is 3.86. The Morgan fingerprint density at radius 3 is 1.86 bits per heavy atom. The summed E-state index contributed by atoms with van der Waals surface area (Å²) in [6, 6.07) is 0. The molecule has 28 heavy (non-hydrogen) atoms. The third kappa shape index (κ3) is 13.9. The topological polar surface area (TPSA) is 150 Å². The predicted molar refractivity (Wildman–Crippen MR) is 95.0 cm³/mol. The Hall–Kier alpha value is -1.17. The molecule has 12 heteroatoms. The van der Waals surface area contributed by atoms with E-state index in [2.05, 4.69) is 11.3 Å². The lowest BCUT2D eigenvalue weighted by molar-refractivity contribution is -0.142. The molecule has 162 valence electrons. The molecule has 0 radical (unpaired) electrons. The van der Waals surface area contributed by atoms with Crippen molar-refractivity contribution in [1.29, 1.82) is 0 Å². The number of carbonyl (C=O) groups is 2. The summed E-state index contributed by atoms with van der Waals surface area (Å²) in [6.45, 7) is 6.31. The third-order valence-electron chi connectivity index (χ3n) is 3.19. The summed E-state index contributed by atoms with van der Waals surface area (Å²) in [5.74, 6) is -1.09. The zero-order chi connectivity index (χ0) is 20.8. The zero-order valence-corrected chi connectivity index (χ0v) is 16.5. The summed E-state index contributed by atoms with van der Waals surface area (Å²) in [5, 5.41) is 0. The summed E-state index contributed by atoms with van der Waals surface area (Å²) in [4.78, 5) is 39.7. The Morgan fingerprint density at radius 2 is 1.39 bits per heavy atom. The quantitative estimate of drug-likeness (QED) is 0.0941. The first-order valence-electron chi connectivity index (χ1n) is 8.64. The van der Waals surface area contributed by atoms with Gasteiger partial charge in [0.15, 0.2) is 5.78 Å². The summed E-state index contributed by atoms with van der Waals surface area (Å²) >= 11 is 0. The van der Waals surface area contributed by atoms with Gasteiger partial charge in [-0.15, -0.1) is 0 Å². The molecule has 2 N–H and O–H groups in total. The fourth-order valence-corrected chi connectivity index (χ4v) is 2.21. The van der Waals surface area contributed by atoms with Crippen LogP contribution in [0.3, 0.4) is 0 Å². The molecule has 0 aromatic heterocycles. The Morgan fingerprint density at radius 1 is 0.929 bits per heavy atom. The van der Waals surface area contributed by atoms with Crippen molar-refractivity contribution in [2.45, 2.75) is 6.10 Å². The van der Waals surface area contributed by atoms with E-state index in [-0.39, 0.29) is 38.3 Å². The molecule has 0 bridgehead atoms. The van der Waals surface area contributed by atoms with Gasteiger partial charge in [0, 0.05) is 5.57 Å².